The van der Waals surface area contributed by atoms with Gasteiger partial charge >= 0.3 is 5.97 Å². The third kappa shape index (κ3) is 7.90. The van der Waals surface area contributed by atoms with E-state index < -0.39 is 21.9 Å². The van der Waals surface area contributed by atoms with Gasteiger partial charge in [-0.15, -0.1) is 0 Å². The van der Waals surface area contributed by atoms with Crippen molar-refractivity contribution >= 4 is 48.7 Å². The van der Waals surface area contributed by atoms with Gasteiger partial charge in [0.25, 0.3) is 0 Å². The minimum atomic E-state index is -3.91. The zero-order valence-electron chi connectivity index (χ0n) is 24.5. The first-order valence-corrected chi connectivity index (χ1v) is 17.4. The summed E-state index contributed by atoms with van der Waals surface area (Å²) in [6, 6.07) is 10.1. The van der Waals surface area contributed by atoms with Crippen LogP contribution in [-0.4, -0.2) is 59.9 Å². The van der Waals surface area contributed by atoms with Crippen molar-refractivity contribution in [2.45, 2.75) is 81.4 Å². The number of rotatable bonds is 13. The lowest BCUT2D eigenvalue weighted by atomic mass is 9.87. The van der Waals surface area contributed by atoms with E-state index in [4.69, 9.17) is 4.74 Å². The molecule has 2 saturated carbocycles. The number of benzene rings is 1. The number of sulfonamides is 1. The number of anilines is 1. The maximum atomic E-state index is 13.7. The Hall–Kier alpha value is -3.09. The van der Waals surface area contributed by atoms with Crippen LogP contribution in [-0.2, 0) is 19.6 Å². The van der Waals surface area contributed by atoms with Gasteiger partial charge < -0.3 is 15.2 Å². The fraction of sp³-hybridized carbons (Fsp3) is 0.548. The van der Waals surface area contributed by atoms with E-state index in [1.54, 1.807) is 43.5 Å². The Labute approximate surface area is 256 Å². The molecule has 1 aromatic carbocycles. The number of nitrogens with one attached hydrogen (secondary N) is 1. The number of ether oxygens (including phenoxy) is 1. The minimum absolute atomic E-state index is 0.0640. The molecule has 2 fully saturated rings. The van der Waals surface area contributed by atoms with Gasteiger partial charge in [0.15, 0.2) is 5.13 Å². The number of hydrogen-bond acceptors (Lipinski definition) is 8. The molecule has 2 aliphatic rings. The van der Waals surface area contributed by atoms with Crippen LogP contribution in [0.5, 0.6) is 5.88 Å². The molecule has 232 valence electrons. The molecule has 0 bridgehead atoms. The van der Waals surface area contributed by atoms with E-state index in [-0.39, 0.29) is 29.7 Å². The highest BCUT2D eigenvalue weighted by Crippen LogP contribution is 2.36. The normalized spacial score (nSPS) is 17.3. The molecule has 1 atom stereocenters. The maximum absolute atomic E-state index is 13.7. The van der Waals surface area contributed by atoms with E-state index in [2.05, 4.69) is 15.3 Å². The van der Waals surface area contributed by atoms with Crippen molar-refractivity contribution in [3.63, 3.8) is 0 Å². The van der Waals surface area contributed by atoms with Gasteiger partial charge in [-0.05, 0) is 54.9 Å². The fourth-order valence-electron chi connectivity index (χ4n) is 6.34. The van der Waals surface area contributed by atoms with Crippen LogP contribution in [0.25, 0.3) is 10.3 Å². The molecular weight excluding hydrogens is 588 g/mol. The Morgan fingerprint density at radius 1 is 1.00 bits per heavy atom. The zero-order valence-corrected chi connectivity index (χ0v) is 26.2. The van der Waals surface area contributed by atoms with Gasteiger partial charge in [0.2, 0.25) is 21.8 Å². The highest BCUT2D eigenvalue weighted by atomic mass is 32.2. The van der Waals surface area contributed by atoms with Gasteiger partial charge in [-0.1, -0.05) is 68.4 Å². The van der Waals surface area contributed by atoms with E-state index in [1.165, 1.54) is 15.6 Å². The largest absolute Gasteiger partial charge is 0.481 e. The van der Waals surface area contributed by atoms with Crippen molar-refractivity contribution in [3.05, 3.63) is 42.0 Å². The summed E-state index contributed by atoms with van der Waals surface area (Å²) in [5.41, 5.74) is 1.41. The summed E-state index contributed by atoms with van der Waals surface area (Å²) < 4.78 is 34.0. The van der Waals surface area contributed by atoms with E-state index in [0.717, 1.165) is 63.4 Å². The number of methoxy groups -OCH3 is 1. The number of pyridine rings is 1. The summed E-state index contributed by atoms with van der Waals surface area (Å²) in [6.45, 7) is 0.262. The zero-order chi connectivity index (χ0) is 30.4. The second-order valence-corrected chi connectivity index (χ2v) is 14.6. The second kappa shape index (κ2) is 14.1. The third-order valence-electron chi connectivity index (χ3n) is 8.71. The molecule has 1 unspecified atom stereocenters. The monoisotopic (exact) mass is 628 g/mol. The predicted octanol–water partition coefficient (Wildman–Crippen LogP) is 6.05. The van der Waals surface area contributed by atoms with Gasteiger partial charge in [-0.25, -0.2) is 18.4 Å². The third-order valence-corrected chi connectivity index (χ3v) is 11.5. The molecule has 12 heteroatoms. The first-order valence-electron chi connectivity index (χ1n) is 15.2. The number of carbonyl (C=O) groups excluding carboxylic acids is 1. The molecule has 0 spiro atoms. The number of carboxylic acid groups (broad SMARTS) is 1. The summed E-state index contributed by atoms with van der Waals surface area (Å²) in [5.74, 6) is -0.558. The van der Waals surface area contributed by atoms with Gasteiger partial charge in [0.05, 0.1) is 24.3 Å². The number of aliphatic carboxylic acids is 1. The molecule has 2 heterocycles. The molecule has 3 aromatic rings. The van der Waals surface area contributed by atoms with Gasteiger partial charge in [-0.2, -0.15) is 4.31 Å². The molecule has 2 aliphatic carbocycles. The molecule has 2 aromatic heterocycles. The summed E-state index contributed by atoms with van der Waals surface area (Å²) in [5, 5.41) is 12.7. The van der Waals surface area contributed by atoms with Crippen LogP contribution >= 0.6 is 11.3 Å². The molecule has 0 radical (unpaired) electrons. The van der Waals surface area contributed by atoms with Gasteiger partial charge in [0.1, 0.15) is 10.3 Å². The predicted molar refractivity (Wildman–Crippen MR) is 166 cm³/mol. The van der Waals surface area contributed by atoms with Crippen LogP contribution in [0.1, 0.15) is 82.1 Å². The molecule has 0 aliphatic heterocycles. The highest BCUT2D eigenvalue weighted by Gasteiger charge is 2.31. The average molecular weight is 629 g/mol. The number of amides is 1. The number of fused-ring (bicyclic) bond motifs is 1. The van der Waals surface area contributed by atoms with E-state index in [0.29, 0.717) is 40.2 Å². The lowest BCUT2D eigenvalue weighted by Crippen LogP contribution is -2.37. The number of hydrogen-bond donors (Lipinski definition) is 2. The molecular formula is C31H40N4O6S2. The Morgan fingerprint density at radius 3 is 2.35 bits per heavy atom. The quantitative estimate of drug-likeness (QED) is 0.233. The van der Waals surface area contributed by atoms with Crippen molar-refractivity contribution in [2.75, 3.05) is 25.5 Å². The summed E-state index contributed by atoms with van der Waals surface area (Å²) in [7, 11) is -2.36. The maximum Gasteiger partial charge on any atom is 0.304 e. The molecule has 1 amide bonds. The van der Waals surface area contributed by atoms with E-state index in [1.807, 2.05) is 0 Å². The van der Waals surface area contributed by atoms with Crippen molar-refractivity contribution < 1.29 is 27.9 Å². The fourth-order valence-corrected chi connectivity index (χ4v) is 8.69. The molecule has 0 saturated heterocycles. The number of aromatic nitrogens is 2. The summed E-state index contributed by atoms with van der Waals surface area (Å²) in [6.07, 6.45) is 10.0. The average Bonchev–Trinajstić information content (AvgIpc) is 3.67. The molecule has 10 nitrogen and oxygen atoms in total. The lowest BCUT2D eigenvalue weighted by molar-refractivity contribution is -0.137. The number of carbonyl (C=O) groups is 2. The minimum Gasteiger partial charge on any atom is -0.481 e. The smallest absolute Gasteiger partial charge is 0.304 e. The molecule has 2 N–H and O–H groups in total. The summed E-state index contributed by atoms with van der Waals surface area (Å²) in [4.78, 5) is 34.7. The van der Waals surface area contributed by atoms with Crippen LogP contribution in [0.2, 0.25) is 0 Å². The number of thiazole rings is 1. The highest BCUT2D eigenvalue weighted by molar-refractivity contribution is 7.89. The van der Waals surface area contributed by atoms with Crippen LogP contribution in [0.3, 0.4) is 0 Å². The Morgan fingerprint density at radius 2 is 1.67 bits per heavy atom. The topological polar surface area (TPSA) is 139 Å². The lowest BCUT2D eigenvalue weighted by Gasteiger charge is -2.29. The Bertz CT molecular complexity index is 1510. The molecule has 43 heavy (non-hydrogen) atoms. The van der Waals surface area contributed by atoms with E-state index >= 15 is 0 Å². The number of nitrogens with zero attached hydrogens (tertiary/aromatic N) is 3. The van der Waals surface area contributed by atoms with Crippen molar-refractivity contribution in [1.29, 1.82) is 0 Å². The van der Waals surface area contributed by atoms with Crippen LogP contribution in [0, 0.1) is 11.8 Å². The van der Waals surface area contributed by atoms with Crippen LogP contribution in [0.15, 0.2) is 41.3 Å². The van der Waals surface area contributed by atoms with Crippen molar-refractivity contribution in [1.82, 2.24) is 14.3 Å². The SMILES string of the molecule is COc1ccc2nc(NC(=O)C(CC3CCCC3)c3ccc(S(=O)(=O)N(CCC(=O)O)CC4CCCCC4)cc3)sc2n1. The van der Waals surface area contributed by atoms with Crippen molar-refractivity contribution in [3.8, 4) is 5.88 Å². The summed E-state index contributed by atoms with van der Waals surface area (Å²) >= 11 is 1.28. The Kier molecular flexibility index (Phi) is 10.3. The Balaban J connectivity index is 1.36. The first kappa shape index (κ1) is 31.3. The second-order valence-electron chi connectivity index (χ2n) is 11.7. The van der Waals surface area contributed by atoms with Gasteiger partial charge in [0, 0.05) is 19.2 Å². The molecule has 5 rings (SSSR count). The van der Waals surface area contributed by atoms with Crippen LogP contribution in [0.4, 0.5) is 5.13 Å². The van der Waals surface area contributed by atoms with E-state index in [9.17, 15) is 23.1 Å². The van der Waals surface area contributed by atoms with Crippen molar-refractivity contribution in [2.24, 2.45) is 11.8 Å². The van der Waals surface area contributed by atoms with Gasteiger partial charge in [-0.3, -0.25) is 9.59 Å². The van der Waals surface area contributed by atoms with Crippen LogP contribution < -0.4 is 10.1 Å². The first-order chi connectivity index (χ1) is 20.7. The number of carboxylic acids is 1. The standard InChI is InChI=1S/C31H40N4O6S2/c1-41-27-16-15-26-30(33-27)42-31(32-26)34-29(38)25(19-21-7-5-6-8-21)23-11-13-24(14-12-23)43(39,40)35(18-17-28(36)37)20-22-9-3-2-4-10-22/h11-16,21-22,25H,2-10,17-20H2,1H3,(H,36,37)(H,32,34,38).